The third-order valence-corrected chi connectivity index (χ3v) is 3.93. The fourth-order valence-electron chi connectivity index (χ4n) is 1.20. The van der Waals surface area contributed by atoms with E-state index < -0.39 is 30.0 Å². The minimum Gasteiger partial charge on any atom is -0.744 e. The molecule has 0 unspecified atom stereocenters. The summed E-state index contributed by atoms with van der Waals surface area (Å²) in [7, 11) is -9.57. The largest absolute Gasteiger partial charge is 1.00 e. The van der Waals surface area contributed by atoms with Crippen molar-refractivity contribution in [3.63, 3.8) is 0 Å². The Morgan fingerprint density at radius 1 is 0.889 bits per heavy atom. The van der Waals surface area contributed by atoms with Gasteiger partial charge in [-0.3, -0.25) is 0 Å². The van der Waals surface area contributed by atoms with Gasteiger partial charge in [0.05, 0.1) is 9.79 Å². The van der Waals surface area contributed by atoms with Crippen molar-refractivity contribution in [2.75, 3.05) is 0 Å². The average Bonchev–Trinajstić information content (AvgIpc) is 2.05. The van der Waals surface area contributed by atoms with E-state index in [1.165, 1.54) is 13.8 Å². The molecule has 0 N–H and O–H groups in total. The van der Waals surface area contributed by atoms with Gasteiger partial charge in [-0.05, 0) is 37.1 Å². The molecule has 90 valence electrons. The van der Waals surface area contributed by atoms with Crippen LogP contribution in [0.25, 0.3) is 0 Å². The van der Waals surface area contributed by atoms with E-state index in [9.17, 15) is 25.9 Å². The van der Waals surface area contributed by atoms with E-state index in [2.05, 4.69) is 0 Å². The first kappa shape index (κ1) is 21.3. The van der Waals surface area contributed by atoms with Crippen LogP contribution < -0.4 is 59.1 Å². The summed E-state index contributed by atoms with van der Waals surface area (Å²) in [4.78, 5) is -1.40. The molecule has 18 heavy (non-hydrogen) atoms. The summed E-state index contributed by atoms with van der Waals surface area (Å²) in [6, 6.07) is 1.62. The summed E-state index contributed by atoms with van der Waals surface area (Å²) < 4.78 is 64.7. The maximum atomic E-state index is 10.8. The van der Waals surface area contributed by atoms with Crippen LogP contribution in [-0.4, -0.2) is 25.9 Å². The second-order valence-electron chi connectivity index (χ2n) is 3.27. The normalized spacial score (nSPS) is 11.3. The van der Waals surface area contributed by atoms with E-state index >= 15 is 0 Å². The minimum atomic E-state index is -4.79. The number of benzene rings is 1. The van der Waals surface area contributed by atoms with Crippen LogP contribution in [0.5, 0.6) is 0 Å². The Morgan fingerprint density at radius 3 is 1.67 bits per heavy atom. The molecule has 6 nitrogen and oxygen atoms in total. The van der Waals surface area contributed by atoms with Crippen LogP contribution >= 0.6 is 0 Å². The molecule has 0 aliphatic carbocycles. The monoisotopic (exact) mass is 310 g/mol. The maximum Gasteiger partial charge on any atom is 1.00 e. The van der Waals surface area contributed by atoms with Crippen molar-refractivity contribution < 1.29 is 85.1 Å². The van der Waals surface area contributed by atoms with Crippen LogP contribution in [-0.2, 0) is 20.2 Å². The zero-order chi connectivity index (χ0) is 12.7. The van der Waals surface area contributed by atoms with Gasteiger partial charge in [-0.15, -0.1) is 0 Å². The van der Waals surface area contributed by atoms with Crippen molar-refractivity contribution in [3.05, 3.63) is 23.3 Å². The molecule has 1 aromatic rings. The maximum absolute atomic E-state index is 10.8. The Morgan fingerprint density at radius 2 is 1.33 bits per heavy atom. The number of aryl methyl sites for hydroxylation is 1. The van der Waals surface area contributed by atoms with E-state index in [1.807, 2.05) is 0 Å². The fraction of sp³-hybridized carbons (Fsp3) is 0.250. The Labute approximate surface area is 150 Å². The van der Waals surface area contributed by atoms with E-state index in [1.54, 1.807) is 0 Å². The standard InChI is InChI=1S/C8H10O6S2.2Na/c1-5-3-7(15(9,10)11)4-8(6(5)2)16(12,13)14;;/h3-4H,1-2H3,(H,9,10,11)(H,12,13,14);;/q;2*+1/p-2. The first-order valence-corrected chi connectivity index (χ1v) is 6.88. The molecule has 0 bridgehead atoms. The molecule has 1 rings (SSSR count). The van der Waals surface area contributed by atoms with Crippen molar-refractivity contribution in [3.8, 4) is 0 Å². The number of hydrogen-bond donors (Lipinski definition) is 0. The van der Waals surface area contributed by atoms with Crippen LogP contribution in [0.15, 0.2) is 21.9 Å². The van der Waals surface area contributed by atoms with Gasteiger partial charge in [0, 0.05) is 0 Å². The molecule has 0 amide bonds. The molecule has 0 saturated carbocycles. The molecule has 0 aromatic heterocycles. The van der Waals surface area contributed by atoms with Crippen molar-refractivity contribution >= 4 is 20.2 Å². The van der Waals surface area contributed by atoms with Crippen LogP contribution in [0.1, 0.15) is 11.1 Å². The molecule has 0 atom stereocenters. The van der Waals surface area contributed by atoms with E-state index in [-0.39, 0.29) is 70.2 Å². The van der Waals surface area contributed by atoms with Gasteiger partial charge in [-0.25, -0.2) is 16.8 Å². The third-order valence-electron chi connectivity index (χ3n) is 2.15. The third kappa shape index (κ3) is 5.20. The first-order valence-electron chi connectivity index (χ1n) is 4.06. The Bertz CT molecular complexity index is 636. The van der Waals surface area contributed by atoms with Gasteiger partial charge in [-0.2, -0.15) is 0 Å². The van der Waals surface area contributed by atoms with Gasteiger partial charge in [0.2, 0.25) is 0 Å². The fourth-order valence-corrected chi connectivity index (χ4v) is 2.66. The minimum absolute atomic E-state index is 0. The Kier molecular flexibility index (Phi) is 8.49. The van der Waals surface area contributed by atoms with Crippen molar-refractivity contribution in [1.29, 1.82) is 0 Å². The second kappa shape index (κ2) is 7.16. The molecule has 10 heteroatoms. The van der Waals surface area contributed by atoms with E-state index in [0.29, 0.717) is 6.07 Å². The van der Waals surface area contributed by atoms with E-state index in [4.69, 9.17) is 0 Å². The van der Waals surface area contributed by atoms with E-state index in [0.717, 1.165) is 6.07 Å². The van der Waals surface area contributed by atoms with Gasteiger partial charge in [0.1, 0.15) is 20.2 Å². The topological polar surface area (TPSA) is 114 Å². The smallest absolute Gasteiger partial charge is 0.744 e. The molecular weight excluding hydrogens is 302 g/mol. The Balaban J connectivity index is 0. The SMILES string of the molecule is Cc1cc(S(=O)(=O)[O-])cc(S(=O)(=O)[O-])c1C.[Na+].[Na+]. The van der Waals surface area contributed by atoms with Crippen LogP contribution in [0.2, 0.25) is 0 Å². The van der Waals surface area contributed by atoms with Gasteiger partial charge < -0.3 is 9.11 Å². The summed E-state index contributed by atoms with van der Waals surface area (Å²) in [5.41, 5.74) is 0.397. The molecule has 0 heterocycles. The molecule has 0 aliphatic heterocycles. The molecule has 0 aliphatic rings. The number of hydrogen-bond acceptors (Lipinski definition) is 6. The predicted molar refractivity (Wildman–Crippen MR) is 51.8 cm³/mol. The van der Waals surface area contributed by atoms with Crippen LogP contribution in [0.3, 0.4) is 0 Å². The summed E-state index contributed by atoms with van der Waals surface area (Å²) in [5.74, 6) is 0. The second-order valence-corrected chi connectivity index (χ2v) is 6.00. The van der Waals surface area contributed by atoms with Gasteiger partial charge in [0.15, 0.2) is 0 Å². The van der Waals surface area contributed by atoms with Crippen molar-refractivity contribution in [2.45, 2.75) is 23.6 Å². The van der Waals surface area contributed by atoms with Gasteiger partial charge in [-0.1, -0.05) is 0 Å². The van der Waals surface area contributed by atoms with Crippen LogP contribution in [0.4, 0.5) is 0 Å². The molecular formula is C8H8Na2O6S2. The van der Waals surface area contributed by atoms with Crippen molar-refractivity contribution in [2.24, 2.45) is 0 Å². The number of rotatable bonds is 2. The predicted octanol–water partition coefficient (Wildman–Crippen LogP) is -5.88. The summed E-state index contributed by atoms with van der Waals surface area (Å²) >= 11 is 0. The average molecular weight is 310 g/mol. The molecule has 0 saturated heterocycles. The Hall–Kier alpha value is 1.04. The van der Waals surface area contributed by atoms with Crippen LogP contribution in [0, 0.1) is 13.8 Å². The summed E-state index contributed by atoms with van der Waals surface area (Å²) in [5, 5.41) is 0. The molecule has 0 fully saturated rings. The first-order chi connectivity index (χ1) is 7.03. The summed E-state index contributed by atoms with van der Waals surface area (Å²) in [6.45, 7) is 2.78. The quantitative estimate of drug-likeness (QED) is 0.397. The van der Waals surface area contributed by atoms with Gasteiger partial charge >= 0.3 is 59.1 Å². The molecule has 0 spiro atoms. The molecule has 0 radical (unpaired) electrons. The zero-order valence-corrected chi connectivity index (χ0v) is 16.1. The van der Waals surface area contributed by atoms with Gasteiger partial charge in [0.25, 0.3) is 0 Å². The zero-order valence-electron chi connectivity index (χ0n) is 10.4. The van der Waals surface area contributed by atoms with Crippen molar-refractivity contribution in [1.82, 2.24) is 0 Å². The summed E-state index contributed by atoms with van der Waals surface area (Å²) in [6.07, 6.45) is 0. The molecule has 1 aromatic carbocycles.